The number of benzene rings is 2. The van der Waals surface area contributed by atoms with E-state index in [9.17, 15) is 9.59 Å². The second kappa shape index (κ2) is 7.01. The minimum absolute atomic E-state index is 0.0838. The summed E-state index contributed by atoms with van der Waals surface area (Å²) in [5.74, 6) is -0.220. The smallest absolute Gasteiger partial charge is 0.226 e. The first-order chi connectivity index (χ1) is 11.6. The lowest BCUT2D eigenvalue weighted by Crippen LogP contribution is -2.33. The van der Waals surface area contributed by atoms with Crippen molar-refractivity contribution >= 4 is 39.5 Å². The van der Waals surface area contributed by atoms with E-state index >= 15 is 0 Å². The Morgan fingerprint density at radius 2 is 1.83 bits per heavy atom. The van der Waals surface area contributed by atoms with Crippen LogP contribution >= 0.6 is 15.9 Å². The molecular formula is C19H17BrN2O2. The molecule has 1 N–H and O–H groups in total. The summed E-state index contributed by atoms with van der Waals surface area (Å²) in [4.78, 5) is 26.1. The summed E-state index contributed by atoms with van der Waals surface area (Å²) in [6.07, 6.45) is 3.85. The molecule has 1 aliphatic heterocycles. The monoisotopic (exact) mass is 384 g/mol. The van der Waals surface area contributed by atoms with E-state index in [1.165, 1.54) is 6.92 Å². The molecular weight excluding hydrogens is 368 g/mol. The largest absolute Gasteiger partial charge is 0.325 e. The van der Waals surface area contributed by atoms with Crippen LogP contribution in [0.3, 0.4) is 0 Å². The molecule has 0 radical (unpaired) electrons. The zero-order valence-electron chi connectivity index (χ0n) is 13.2. The van der Waals surface area contributed by atoms with Gasteiger partial charge in [0, 0.05) is 17.6 Å². The number of fused-ring (bicyclic) bond motifs is 1. The van der Waals surface area contributed by atoms with Gasteiger partial charge in [-0.15, -0.1) is 0 Å². The molecule has 2 aromatic carbocycles. The maximum atomic E-state index is 12.5. The third-order valence-corrected chi connectivity index (χ3v) is 4.69. The van der Waals surface area contributed by atoms with Gasteiger partial charge in [0.1, 0.15) is 0 Å². The molecule has 4 nitrogen and oxygen atoms in total. The van der Waals surface area contributed by atoms with Crippen molar-refractivity contribution in [2.45, 2.75) is 19.4 Å². The molecule has 0 aromatic heterocycles. The Morgan fingerprint density at radius 1 is 1.12 bits per heavy atom. The number of nitrogens with one attached hydrogen (secondary N) is 1. The number of rotatable bonds is 3. The van der Waals surface area contributed by atoms with Crippen LogP contribution in [0.1, 0.15) is 30.5 Å². The van der Waals surface area contributed by atoms with Gasteiger partial charge in [-0.1, -0.05) is 36.4 Å². The highest BCUT2D eigenvalue weighted by Gasteiger charge is 2.28. The molecule has 0 spiro atoms. The normalized spacial score (nSPS) is 15.8. The number of carbonyl (C=O) groups is 2. The van der Waals surface area contributed by atoms with Crippen LogP contribution in [0.15, 0.2) is 59.2 Å². The standard InChI is InChI=1S/C19H17BrN2O2/c1-13(23)22-11-10-14-6-2-3-7-15(14)18(22)12-19(24)21-17-9-5-4-8-16(17)20/h2-11,18H,12H2,1H3,(H,21,24). The highest BCUT2D eigenvalue weighted by molar-refractivity contribution is 9.10. The Hall–Kier alpha value is -2.40. The molecule has 0 saturated heterocycles. The molecule has 5 heteroatoms. The van der Waals surface area contributed by atoms with Crippen LogP contribution in [-0.4, -0.2) is 16.7 Å². The minimum atomic E-state index is -0.300. The van der Waals surface area contributed by atoms with Crippen molar-refractivity contribution in [2.24, 2.45) is 0 Å². The fourth-order valence-corrected chi connectivity index (χ4v) is 3.24. The molecule has 0 fully saturated rings. The zero-order chi connectivity index (χ0) is 17.1. The number of anilines is 1. The van der Waals surface area contributed by atoms with Crippen molar-refractivity contribution in [3.05, 3.63) is 70.3 Å². The van der Waals surface area contributed by atoms with E-state index in [1.807, 2.05) is 54.6 Å². The van der Waals surface area contributed by atoms with Gasteiger partial charge < -0.3 is 10.2 Å². The van der Waals surface area contributed by atoms with Gasteiger partial charge in [0.15, 0.2) is 0 Å². The molecule has 0 bridgehead atoms. The van der Waals surface area contributed by atoms with Gasteiger partial charge in [-0.05, 0) is 45.3 Å². The van der Waals surface area contributed by atoms with E-state index in [1.54, 1.807) is 11.1 Å². The van der Waals surface area contributed by atoms with Crippen molar-refractivity contribution < 1.29 is 9.59 Å². The van der Waals surface area contributed by atoms with E-state index in [0.29, 0.717) is 0 Å². The molecule has 1 aliphatic rings. The maximum absolute atomic E-state index is 12.5. The molecule has 2 aromatic rings. The van der Waals surface area contributed by atoms with Crippen LogP contribution in [0.4, 0.5) is 5.69 Å². The molecule has 3 rings (SSSR count). The Morgan fingerprint density at radius 3 is 2.58 bits per heavy atom. The first kappa shape index (κ1) is 16.5. The summed E-state index contributed by atoms with van der Waals surface area (Å²) in [5, 5.41) is 2.90. The molecule has 0 saturated carbocycles. The number of carbonyl (C=O) groups excluding carboxylic acids is 2. The van der Waals surface area contributed by atoms with E-state index in [4.69, 9.17) is 0 Å². The van der Waals surface area contributed by atoms with Gasteiger partial charge in [0.25, 0.3) is 0 Å². The fraction of sp³-hybridized carbons (Fsp3) is 0.158. The van der Waals surface area contributed by atoms with Crippen molar-refractivity contribution in [1.82, 2.24) is 4.90 Å². The molecule has 24 heavy (non-hydrogen) atoms. The summed E-state index contributed by atoms with van der Waals surface area (Å²) in [6.45, 7) is 1.51. The zero-order valence-corrected chi connectivity index (χ0v) is 14.8. The van der Waals surface area contributed by atoms with Gasteiger partial charge in [0.05, 0.1) is 18.2 Å². The summed E-state index contributed by atoms with van der Waals surface area (Å²) in [6, 6.07) is 15.0. The molecule has 1 atom stereocenters. The molecule has 122 valence electrons. The van der Waals surface area contributed by atoms with E-state index in [2.05, 4.69) is 21.2 Å². The van der Waals surface area contributed by atoms with Crippen LogP contribution < -0.4 is 5.32 Å². The second-order valence-corrected chi connectivity index (χ2v) is 6.47. The van der Waals surface area contributed by atoms with Crippen molar-refractivity contribution in [1.29, 1.82) is 0 Å². The third kappa shape index (κ3) is 3.41. The highest BCUT2D eigenvalue weighted by atomic mass is 79.9. The van der Waals surface area contributed by atoms with E-state index in [0.717, 1.165) is 21.3 Å². The van der Waals surface area contributed by atoms with Gasteiger partial charge in [-0.25, -0.2) is 0 Å². The first-order valence-corrected chi connectivity index (χ1v) is 8.46. The Labute approximate surface area is 149 Å². The Balaban J connectivity index is 1.83. The summed E-state index contributed by atoms with van der Waals surface area (Å²) >= 11 is 3.42. The van der Waals surface area contributed by atoms with E-state index < -0.39 is 0 Å². The number of para-hydroxylation sites is 1. The minimum Gasteiger partial charge on any atom is -0.325 e. The molecule has 1 heterocycles. The lowest BCUT2D eigenvalue weighted by molar-refractivity contribution is -0.129. The van der Waals surface area contributed by atoms with Crippen LogP contribution in [-0.2, 0) is 9.59 Å². The second-order valence-electron chi connectivity index (χ2n) is 5.62. The Bertz CT molecular complexity index is 817. The lowest BCUT2D eigenvalue weighted by Gasteiger charge is -2.32. The predicted molar refractivity (Wildman–Crippen MR) is 98.1 cm³/mol. The van der Waals surface area contributed by atoms with Crippen molar-refractivity contribution in [3.63, 3.8) is 0 Å². The maximum Gasteiger partial charge on any atom is 0.226 e. The lowest BCUT2D eigenvalue weighted by atomic mass is 9.93. The summed E-state index contributed by atoms with van der Waals surface area (Å²) in [5.41, 5.74) is 2.74. The van der Waals surface area contributed by atoms with Gasteiger partial charge >= 0.3 is 0 Å². The van der Waals surface area contributed by atoms with E-state index in [-0.39, 0.29) is 24.3 Å². The van der Waals surface area contributed by atoms with Crippen LogP contribution in [0, 0.1) is 0 Å². The first-order valence-electron chi connectivity index (χ1n) is 7.66. The quantitative estimate of drug-likeness (QED) is 0.854. The summed E-state index contributed by atoms with van der Waals surface area (Å²) in [7, 11) is 0. The van der Waals surface area contributed by atoms with Crippen LogP contribution in [0.2, 0.25) is 0 Å². The number of nitrogens with zero attached hydrogens (tertiary/aromatic N) is 1. The van der Waals surface area contributed by atoms with Crippen LogP contribution in [0.5, 0.6) is 0 Å². The molecule has 1 unspecified atom stereocenters. The van der Waals surface area contributed by atoms with Gasteiger partial charge in [0.2, 0.25) is 11.8 Å². The topological polar surface area (TPSA) is 49.4 Å². The fourth-order valence-electron chi connectivity index (χ4n) is 2.85. The average molecular weight is 385 g/mol. The number of hydrogen-bond acceptors (Lipinski definition) is 2. The average Bonchev–Trinajstić information content (AvgIpc) is 2.57. The third-order valence-electron chi connectivity index (χ3n) is 4.00. The summed E-state index contributed by atoms with van der Waals surface area (Å²) < 4.78 is 0.825. The Kier molecular flexibility index (Phi) is 4.81. The SMILES string of the molecule is CC(=O)N1C=Cc2ccccc2C1CC(=O)Nc1ccccc1Br. The number of halogens is 1. The van der Waals surface area contributed by atoms with Crippen molar-refractivity contribution in [2.75, 3.05) is 5.32 Å². The predicted octanol–water partition coefficient (Wildman–Crippen LogP) is 4.35. The van der Waals surface area contributed by atoms with Crippen molar-refractivity contribution in [3.8, 4) is 0 Å². The number of amides is 2. The van der Waals surface area contributed by atoms with Gasteiger partial charge in [-0.2, -0.15) is 0 Å². The molecule has 2 amide bonds. The molecule has 0 aliphatic carbocycles. The van der Waals surface area contributed by atoms with Gasteiger partial charge in [-0.3, -0.25) is 9.59 Å². The van der Waals surface area contributed by atoms with Crippen LogP contribution in [0.25, 0.3) is 6.08 Å². The highest BCUT2D eigenvalue weighted by Crippen LogP contribution is 2.33. The number of hydrogen-bond donors (Lipinski definition) is 1.